The first kappa shape index (κ1) is 13.1. The normalized spacial score (nSPS) is 10.4. The Labute approximate surface area is 111 Å². The van der Waals surface area contributed by atoms with Crippen LogP contribution in [0.3, 0.4) is 0 Å². The molecule has 0 aliphatic carbocycles. The van der Waals surface area contributed by atoms with E-state index in [4.69, 9.17) is 5.73 Å². The van der Waals surface area contributed by atoms with Crippen LogP contribution in [-0.2, 0) is 13.5 Å². The zero-order valence-corrected chi connectivity index (χ0v) is 11.1. The van der Waals surface area contributed by atoms with Crippen LogP contribution in [0, 0.1) is 6.92 Å². The first-order valence-corrected chi connectivity index (χ1v) is 6.05. The highest BCUT2D eigenvalue weighted by Crippen LogP contribution is 2.06. The Hall–Kier alpha value is -2.37. The van der Waals surface area contributed by atoms with Gasteiger partial charge >= 0.3 is 0 Å². The molecule has 0 radical (unpaired) electrons. The van der Waals surface area contributed by atoms with E-state index < -0.39 is 0 Å². The summed E-state index contributed by atoms with van der Waals surface area (Å²) >= 11 is 0. The number of rotatable bonds is 4. The molecule has 0 saturated carbocycles. The number of nitrogen functional groups attached to an aromatic ring is 1. The van der Waals surface area contributed by atoms with Crippen molar-refractivity contribution in [3.63, 3.8) is 0 Å². The zero-order valence-electron chi connectivity index (χ0n) is 11.1. The molecule has 0 fully saturated rings. The number of imidazole rings is 1. The van der Waals surface area contributed by atoms with Crippen molar-refractivity contribution in [1.82, 2.24) is 19.9 Å². The predicted molar refractivity (Wildman–Crippen MR) is 72.6 cm³/mol. The van der Waals surface area contributed by atoms with E-state index in [1.165, 1.54) is 0 Å². The van der Waals surface area contributed by atoms with Gasteiger partial charge in [-0.1, -0.05) is 0 Å². The van der Waals surface area contributed by atoms with Gasteiger partial charge in [0.2, 0.25) is 0 Å². The van der Waals surface area contributed by atoms with Crippen LogP contribution >= 0.6 is 0 Å². The van der Waals surface area contributed by atoms with Crippen LogP contribution < -0.4 is 11.1 Å². The number of carbonyl (C=O) groups excluding carboxylic acids is 1. The zero-order chi connectivity index (χ0) is 13.8. The van der Waals surface area contributed by atoms with Gasteiger partial charge < -0.3 is 15.6 Å². The number of aryl methyl sites for hydroxylation is 2. The Kier molecular flexibility index (Phi) is 3.79. The molecule has 6 heteroatoms. The second-order valence-corrected chi connectivity index (χ2v) is 4.38. The minimum Gasteiger partial charge on any atom is -0.384 e. The molecule has 0 aliphatic heterocycles. The summed E-state index contributed by atoms with van der Waals surface area (Å²) in [4.78, 5) is 20.2. The van der Waals surface area contributed by atoms with Crippen molar-refractivity contribution in [3.05, 3.63) is 41.6 Å². The van der Waals surface area contributed by atoms with Crippen molar-refractivity contribution in [2.75, 3.05) is 12.3 Å². The lowest BCUT2D eigenvalue weighted by Crippen LogP contribution is -2.26. The van der Waals surface area contributed by atoms with E-state index >= 15 is 0 Å². The van der Waals surface area contributed by atoms with E-state index in [-0.39, 0.29) is 5.91 Å². The average molecular weight is 259 g/mol. The van der Waals surface area contributed by atoms with Crippen molar-refractivity contribution in [1.29, 1.82) is 0 Å². The number of nitrogens with two attached hydrogens (primary N) is 1. The SMILES string of the molecule is Cc1cc(C(=O)NCCc2nccn2C)cc(N)n1. The number of hydrogen-bond acceptors (Lipinski definition) is 4. The van der Waals surface area contributed by atoms with Crippen LogP contribution in [0.1, 0.15) is 21.9 Å². The van der Waals surface area contributed by atoms with Crippen LogP contribution in [0.2, 0.25) is 0 Å². The van der Waals surface area contributed by atoms with Crippen molar-refractivity contribution in [3.8, 4) is 0 Å². The van der Waals surface area contributed by atoms with E-state index in [0.717, 1.165) is 11.5 Å². The van der Waals surface area contributed by atoms with Crippen molar-refractivity contribution >= 4 is 11.7 Å². The summed E-state index contributed by atoms with van der Waals surface area (Å²) in [5, 5.41) is 2.84. The lowest BCUT2D eigenvalue weighted by Gasteiger charge is -2.06. The number of aromatic nitrogens is 3. The molecular formula is C13H17N5O. The summed E-state index contributed by atoms with van der Waals surface area (Å²) in [6.45, 7) is 2.34. The molecule has 6 nitrogen and oxygen atoms in total. The van der Waals surface area contributed by atoms with Gasteiger partial charge in [0, 0.05) is 43.7 Å². The lowest BCUT2D eigenvalue weighted by molar-refractivity contribution is 0.0953. The van der Waals surface area contributed by atoms with Gasteiger partial charge in [0.05, 0.1) is 0 Å². The maximum absolute atomic E-state index is 11.9. The van der Waals surface area contributed by atoms with Gasteiger partial charge in [-0.25, -0.2) is 9.97 Å². The fourth-order valence-corrected chi connectivity index (χ4v) is 1.85. The Morgan fingerprint density at radius 1 is 1.47 bits per heavy atom. The smallest absolute Gasteiger partial charge is 0.251 e. The Balaban J connectivity index is 1.92. The fourth-order valence-electron chi connectivity index (χ4n) is 1.85. The molecule has 0 atom stereocenters. The molecule has 0 aliphatic rings. The predicted octanol–water partition coefficient (Wildman–Crippen LogP) is 0.678. The topological polar surface area (TPSA) is 85.8 Å². The standard InChI is InChI=1S/C13H17N5O/c1-9-7-10(8-11(14)17-9)13(19)16-4-3-12-15-5-6-18(12)2/h5-8H,3-4H2,1-2H3,(H2,14,17)(H,16,19). The van der Waals surface area contributed by atoms with Gasteiger partial charge in [-0.2, -0.15) is 0 Å². The highest BCUT2D eigenvalue weighted by molar-refractivity contribution is 5.94. The molecule has 2 aromatic rings. The second-order valence-electron chi connectivity index (χ2n) is 4.38. The summed E-state index contributed by atoms with van der Waals surface area (Å²) < 4.78 is 1.93. The van der Waals surface area contributed by atoms with Gasteiger partial charge in [0.15, 0.2) is 0 Å². The minimum atomic E-state index is -0.147. The molecule has 2 rings (SSSR count). The van der Waals surface area contributed by atoms with Crippen molar-refractivity contribution in [2.45, 2.75) is 13.3 Å². The highest BCUT2D eigenvalue weighted by atomic mass is 16.1. The molecule has 2 aromatic heterocycles. The molecule has 100 valence electrons. The molecule has 0 spiro atoms. The first-order chi connectivity index (χ1) is 9.06. The van der Waals surface area contributed by atoms with Crippen LogP contribution in [-0.4, -0.2) is 27.0 Å². The number of anilines is 1. The molecule has 3 N–H and O–H groups in total. The number of amides is 1. The third-order valence-corrected chi connectivity index (χ3v) is 2.79. The van der Waals surface area contributed by atoms with E-state index in [9.17, 15) is 4.79 Å². The molecule has 1 amide bonds. The summed E-state index contributed by atoms with van der Waals surface area (Å²) in [5.74, 6) is 1.14. The molecule has 0 saturated heterocycles. The monoisotopic (exact) mass is 259 g/mol. The van der Waals surface area contributed by atoms with Crippen LogP contribution in [0.4, 0.5) is 5.82 Å². The Morgan fingerprint density at radius 2 is 2.26 bits per heavy atom. The molecular weight excluding hydrogens is 242 g/mol. The number of hydrogen-bond donors (Lipinski definition) is 2. The van der Waals surface area contributed by atoms with Gasteiger partial charge in [0.1, 0.15) is 11.6 Å². The second kappa shape index (κ2) is 5.51. The van der Waals surface area contributed by atoms with Gasteiger partial charge in [-0.05, 0) is 19.1 Å². The van der Waals surface area contributed by atoms with E-state index in [1.54, 1.807) is 25.3 Å². The van der Waals surface area contributed by atoms with Gasteiger partial charge in [-0.3, -0.25) is 4.79 Å². The molecule has 0 aromatic carbocycles. The molecule has 0 unspecified atom stereocenters. The number of nitrogens with one attached hydrogen (secondary N) is 1. The first-order valence-electron chi connectivity index (χ1n) is 6.05. The minimum absolute atomic E-state index is 0.147. The molecule has 0 bridgehead atoms. The largest absolute Gasteiger partial charge is 0.384 e. The van der Waals surface area contributed by atoms with Crippen molar-refractivity contribution in [2.24, 2.45) is 7.05 Å². The summed E-state index contributed by atoms with van der Waals surface area (Å²) in [5.41, 5.74) is 6.88. The number of carbonyl (C=O) groups is 1. The lowest BCUT2D eigenvalue weighted by atomic mass is 10.2. The van der Waals surface area contributed by atoms with Crippen LogP contribution in [0.15, 0.2) is 24.5 Å². The molecule has 2 heterocycles. The van der Waals surface area contributed by atoms with E-state index in [2.05, 4.69) is 15.3 Å². The third-order valence-electron chi connectivity index (χ3n) is 2.79. The quantitative estimate of drug-likeness (QED) is 0.845. The Bertz CT molecular complexity index is 570. The van der Waals surface area contributed by atoms with E-state index in [0.29, 0.717) is 24.3 Å². The average Bonchev–Trinajstić information content (AvgIpc) is 2.74. The van der Waals surface area contributed by atoms with E-state index in [1.807, 2.05) is 17.8 Å². The summed E-state index contributed by atoms with van der Waals surface area (Å²) in [7, 11) is 1.93. The number of pyridine rings is 1. The van der Waals surface area contributed by atoms with Gasteiger partial charge in [0.25, 0.3) is 5.91 Å². The van der Waals surface area contributed by atoms with Crippen LogP contribution in [0.5, 0.6) is 0 Å². The van der Waals surface area contributed by atoms with Crippen LogP contribution in [0.25, 0.3) is 0 Å². The highest BCUT2D eigenvalue weighted by Gasteiger charge is 2.07. The molecule has 19 heavy (non-hydrogen) atoms. The summed E-state index contributed by atoms with van der Waals surface area (Å²) in [6, 6.07) is 3.29. The Morgan fingerprint density at radius 3 is 2.89 bits per heavy atom. The van der Waals surface area contributed by atoms with Gasteiger partial charge in [-0.15, -0.1) is 0 Å². The number of nitrogens with zero attached hydrogens (tertiary/aromatic N) is 3. The maximum atomic E-state index is 11.9. The van der Waals surface area contributed by atoms with Crippen molar-refractivity contribution < 1.29 is 4.79 Å². The third kappa shape index (κ3) is 3.31. The fraction of sp³-hybridized carbons (Fsp3) is 0.308. The summed E-state index contributed by atoms with van der Waals surface area (Å²) in [6.07, 6.45) is 4.31. The maximum Gasteiger partial charge on any atom is 0.251 e.